The smallest absolute Gasteiger partial charge is 0.227 e. The Morgan fingerprint density at radius 2 is 2.12 bits per heavy atom. The van der Waals surface area contributed by atoms with Crippen molar-refractivity contribution in [2.75, 3.05) is 39.3 Å². The van der Waals surface area contributed by atoms with Gasteiger partial charge in [-0.1, -0.05) is 0 Å². The highest BCUT2D eigenvalue weighted by Crippen LogP contribution is 2.09. The van der Waals surface area contributed by atoms with Crippen LogP contribution in [-0.4, -0.2) is 60.1 Å². The van der Waals surface area contributed by atoms with Crippen LogP contribution in [0.2, 0.25) is 0 Å². The SMILES string of the molecule is O=C(Cc1ccsc1)N1CCN(CCO)CC1. The highest BCUT2D eigenvalue weighted by molar-refractivity contribution is 7.07. The lowest BCUT2D eigenvalue weighted by Gasteiger charge is -2.34. The number of aliphatic hydroxyl groups is 1. The van der Waals surface area contributed by atoms with Gasteiger partial charge in [-0.25, -0.2) is 0 Å². The van der Waals surface area contributed by atoms with Crippen molar-refractivity contribution in [2.45, 2.75) is 6.42 Å². The van der Waals surface area contributed by atoms with Gasteiger partial charge in [-0.3, -0.25) is 9.69 Å². The van der Waals surface area contributed by atoms with Crippen molar-refractivity contribution in [2.24, 2.45) is 0 Å². The number of amides is 1. The Labute approximate surface area is 105 Å². The summed E-state index contributed by atoms with van der Waals surface area (Å²) in [6.45, 7) is 4.22. The second-order valence-corrected chi connectivity index (χ2v) is 5.03. The summed E-state index contributed by atoms with van der Waals surface area (Å²) in [7, 11) is 0. The minimum Gasteiger partial charge on any atom is -0.395 e. The molecule has 5 heteroatoms. The van der Waals surface area contributed by atoms with E-state index in [-0.39, 0.29) is 12.5 Å². The fourth-order valence-electron chi connectivity index (χ4n) is 2.04. The maximum absolute atomic E-state index is 12.0. The van der Waals surface area contributed by atoms with Crippen LogP contribution in [0.25, 0.3) is 0 Å². The molecule has 0 atom stereocenters. The second kappa shape index (κ2) is 6.14. The third kappa shape index (κ3) is 3.52. The topological polar surface area (TPSA) is 43.8 Å². The first kappa shape index (κ1) is 12.5. The van der Waals surface area contributed by atoms with E-state index in [9.17, 15) is 4.79 Å². The molecule has 1 saturated heterocycles. The number of nitrogens with zero attached hydrogens (tertiary/aromatic N) is 2. The van der Waals surface area contributed by atoms with Gasteiger partial charge in [0, 0.05) is 32.7 Å². The predicted molar refractivity (Wildman–Crippen MR) is 68.1 cm³/mol. The number of β-amino-alcohol motifs (C(OH)–C–C–N with tert-alkyl or cyclic N) is 1. The summed E-state index contributed by atoms with van der Waals surface area (Å²) in [6, 6.07) is 2.00. The van der Waals surface area contributed by atoms with Crippen LogP contribution < -0.4 is 0 Å². The number of thiophene rings is 1. The zero-order valence-corrected chi connectivity index (χ0v) is 10.7. The van der Waals surface area contributed by atoms with Gasteiger partial charge in [0.2, 0.25) is 5.91 Å². The third-order valence-corrected chi connectivity index (χ3v) is 3.81. The normalized spacial score (nSPS) is 17.4. The molecule has 4 nitrogen and oxygen atoms in total. The molecule has 0 unspecified atom stereocenters. The van der Waals surface area contributed by atoms with Crippen LogP contribution >= 0.6 is 11.3 Å². The lowest BCUT2D eigenvalue weighted by molar-refractivity contribution is -0.132. The number of hydrogen-bond acceptors (Lipinski definition) is 4. The standard InChI is InChI=1S/C12H18N2O2S/c15-7-6-13-2-4-14(5-3-13)12(16)9-11-1-8-17-10-11/h1,8,10,15H,2-7,9H2. The number of carbonyl (C=O) groups is 1. The first-order chi connectivity index (χ1) is 8.29. The monoisotopic (exact) mass is 254 g/mol. The predicted octanol–water partition coefficient (Wildman–Crippen LogP) is 0.427. The quantitative estimate of drug-likeness (QED) is 0.847. The van der Waals surface area contributed by atoms with Crippen LogP contribution in [0.3, 0.4) is 0 Å². The van der Waals surface area contributed by atoms with Gasteiger partial charge in [0.25, 0.3) is 0 Å². The molecule has 94 valence electrons. The Balaban J connectivity index is 1.78. The van der Waals surface area contributed by atoms with E-state index < -0.39 is 0 Å². The highest BCUT2D eigenvalue weighted by Gasteiger charge is 2.20. The number of carbonyl (C=O) groups excluding carboxylic acids is 1. The molecular weight excluding hydrogens is 236 g/mol. The van der Waals surface area contributed by atoms with Crippen LogP contribution in [0.5, 0.6) is 0 Å². The summed E-state index contributed by atoms with van der Waals surface area (Å²) >= 11 is 1.63. The summed E-state index contributed by atoms with van der Waals surface area (Å²) in [4.78, 5) is 16.1. The second-order valence-electron chi connectivity index (χ2n) is 4.25. The van der Waals surface area contributed by atoms with E-state index >= 15 is 0 Å². The van der Waals surface area contributed by atoms with E-state index in [4.69, 9.17) is 5.11 Å². The summed E-state index contributed by atoms with van der Waals surface area (Å²) in [6.07, 6.45) is 0.517. The average molecular weight is 254 g/mol. The first-order valence-corrected chi connectivity index (χ1v) is 6.86. The first-order valence-electron chi connectivity index (χ1n) is 5.91. The van der Waals surface area contributed by atoms with Crippen LogP contribution in [0.4, 0.5) is 0 Å². The van der Waals surface area contributed by atoms with Crippen molar-refractivity contribution in [1.29, 1.82) is 0 Å². The van der Waals surface area contributed by atoms with E-state index in [0.717, 1.165) is 31.7 Å². The van der Waals surface area contributed by atoms with E-state index in [1.165, 1.54) is 0 Å². The third-order valence-electron chi connectivity index (χ3n) is 3.08. The van der Waals surface area contributed by atoms with Crippen molar-refractivity contribution in [1.82, 2.24) is 9.80 Å². The molecule has 1 aromatic heterocycles. The Kier molecular flexibility index (Phi) is 4.53. The summed E-state index contributed by atoms with van der Waals surface area (Å²) in [5, 5.41) is 12.9. The van der Waals surface area contributed by atoms with Gasteiger partial charge in [-0.2, -0.15) is 11.3 Å². The van der Waals surface area contributed by atoms with Gasteiger partial charge in [-0.05, 0) is 22.4 Å². The van der Waals surface area contributed by atoms with Gasteiger partial charge < -0.3 is 10.0 Å². The van der Waals surface area contributed by atoms with E-state index in [0.29, 0.717) is 13.0 Å². The van der Waals surface area contributed by atoms with Crippen LogP contribution in [0, 0.1) is 0 Å². The highest BCUT2D eigenvalue weighted by atomic mass is 32.1. The maximum atomic E-state index is 12.0. The Morgan fingerprint density at radius 3 is 2.71 bits per heavy atom. The van der Waals surface area contributed by atoms with Crippen molar-refractivity contribution >= 4 is 17.2 Å². The molecule has 0 aromatic carbocycles. The van der Waals surface area contributed by atoms with Gasteiger partial charge >= 0.3 is 0 Å². The molecule has 1 fully saturated rings. The summed E-state index contributed by atoms with van der Waals surface area (Å²) in [5.74, 6) is 0.215. The molecule has 0 bridgehead atoms. The van der Waals surface area contributed by atoms with Crippen molar-refractivity contribution in [3.8, 4) is 0 Å². The zero-order valence-electron chi connectivity index (χ0n) is 9.84. The van der Waals surface area contributed by atoms with E-state index in [2.05, 4.69) is 4.90 Å². The zero-order chi connectivity index (χ0) is 12.1. The van der Waals surface area contributed by atoms with Gasteiger partial charge in [0.15, 0.2) is 0 Å². The number of rotatable bonds is 4. The van der Waals surface area contributed by atoms with Gasteiger partial charge in [0.1, 0.15) is 0 Å². The molecule has 2 rings (SSSR count). The molecule has 1 N–H and O–H groups in total. The Morgan fingerprint density at radius 1 is 1.35 bits per heavy atom. The van der Waals surface area contributed by atoms with Crippen molar-refractivity contribution in [3.63, 3.8) is 0 Å². The molecule has 1 aromatic rings. The molecule has 1 aliphatic heterocycles. The van der Waals surface area contributed by atoms with Crippen LogP contribution in [0.15, 0.2) is 16.8 Å². The minimum absolute atomic E-state index is 0.197. The lowest BCUT2D eigenvalue weighted by atomic mass is 10.2. The Bertz CT molecular complexity index is 345. The molecular formula is C12H18N2O2S. The Hall–Kier alpha value is -0.910. The van der Waals surface area contributed by atoms with E-state index in [1.807, 2.05) is 21.7 Å². The van der Waals surface area contributed by atoms with Crippen LogP contribution in [0.1, 0.15) is 5.56 Å². The lowest BCUT2D eigenvalue weighted by Crippen LogP contribution is -2.49. The average Bonchev–Trinajstić information content (AvgIpc) is 2.83. The summed E-state index contributed by atoms with van der Waals surface area (Å²) in [5.41, 5.74) is 1.11. The molecule has 1 aliphatic rings. The van der Waals surface area contributed by atoms with Crippen LogP contribution in [-0.2, 0) is 11.2 Å². The fraction of sp³-hybridized carbons (Fsp3) is 0.583. The molecule has 0 spiro atoms. The fourth-order valence-corrected chi connectivity index (χ4v) is 2.71. The molecule has 0 saturated carbocycles. The largest absolute Gasteiger partial charge is 0.395 e. The minimum atomic E-state index is 0.197. The van der Waals surface area contributed by atoms with E-state index in [1.54, 1.807) is 11.3 Å². The molecule has 2 heterocycles. The molecule has 0 radical (unpaired) electrons. The molecule has 0 aliphatic carbocycles. The number of hydrogen-bond donors (Lipinski definition) is 1. The maximum Gasteiger partial charge on any atom is 0.227 e. The number of piperazine rings is 1. The number of aliphatic hydroxyl groups excluding tert-OH is 1. The van der Waals surface area contributed by atoms with Gasteiger partial charge in [-0.15, -0.1) is 0 Å². The molecule has 1 amide bonds. The van der Waals surface area contributed by atoms with Crippen molar-refractivity contribution < 1.29 is 9.90 Å². The molecule has 17 heavy (non-hydrogen) atoms. The van der Waals surface area contributed by atoms with Gasteiger partial charge in [0.05, 0.1) is 13.0 Å². The van der Waals surface area contributed by atoms with Crippen molar-refractivity contribution in [3.05, 3.63) is 22.4 Å². The summed E-state index contributed by atoms with van der Waals surface area (Å²) < 4.78 is 0.